The molecule has 0 aliphatic heterocycles. The van der Waals surface area contributed by atoms with Crippen molar-refractivity contribution in [1.82, 2.24) is 5.32 Å². The van der Waals surface area contributed by atoms with Gasteiger partial charge in [0.15, 0.2) is 0 Å². The normalized spacial score (nSPS) is 13.2. The summed E-state index contributed by atoms with van der Waals surface area (Å²) in [5.74, 6) is 0.799. The summed E-state index contributed by atoms with van der Waals surface area (Å²) >= 11 is 0. The maximum atomic E-state index is 10.6. The van der Waals surface area contributed by atoms with Crippen LogP contribution >= 0.6 is 0 Å². The topological polar surface area (TPSA) is 29.1 Å². The molecule has 0 aliphatic rings. The highest BCUT2D eigenvalue weighted by atomic mass is 16.1. The Bertz CT molecular complexity index is 121. The van der Waals surface area contributed by atoms with E-state index in [-0.39, 0.29) is 5.91 Å². The predicted octanol–water partition coefficient (Wildman–Crippen LogP) is 1.95. The summed E-state index contributed by atoms with van der Waals surface area (Å²) in [6.45, 7) is 8.00. The van der Waals surface area contributed by atoms with E-state index in [4.69, 9.17) is 0 Å². The molecule has 0 bridgehead atoms. The summed E-state index contributed by atoms with van der Waals surface area (Å²) in [6, 6.07) is 0.329. The Kier molecular flexibility index (Phi) is 4.92. The highest BCUT2D eigenvalue weighted by Gasteiger charge is 2.03. The average molecular weight is 157 g/mol. The molecule has 1 N–H and O–H groups in total. The summed E-state index contributed by atoms with van der Waals surface area (Å²) in [6.07, 6.45) is 2.26. The Balaban J connectivity index is 3.37. The molecule has 0 aromatic heterocycles. The molecule has 0 saturated heterocycles. The molecule has 0 spiro atoms. The van der Waals surface area contributed by atoms with Gasteiger partial charge in [0.2, 0.25) is 5.91 Å². The summed E-state index contributed by atoms with van der Waals surface area (Å²) in [5, 5.41) is 2.86. The van der Waals surface area contributed by atoms with Crippen molar-refractivity contribution >= 4 is 5.91 Å². The van der Waals surface area contributed by atoms with E-state index in [0.717, 1.165) is 12.3 Å². The second kappa shape index (κ2) is 5.16. The number of carbonyl (C=O) groups is 1. The second-order valence-electron chi connectivity index (χ2n) is 3.57. The van der Waals surface area contributed by atoms with Crippen LogP contribution < -0.4 is 5.32 Å². The van der Waals surface area contributed by atoms with Crippen LogP contribution in [0.1, 0.15) is 40.5 Å². The van der Waals surface area contributed by atoms with Crippen LogP contribution in [0.3, 0.4) is 0 Å². The average Bonchev–Trinajstić information content (AvgIpc) is 1.82. The first kappa shape index (κ1) is 10.5. The minimum absolute atomic E-state index is 0.0706. The molecule has 11 heavy (non-hydrogen) atoms. The lowest BCUT2D eigenvalue weighted by atomic mass is 10.0. The zero-order chi connectivity index (χ0) is 8.85. The van der Waals surface area contributed by atoms with Gasteiger partial charge in [-0.15, -0.1) is 0 Å². The molecule has 0 unspecified atom stereocenters. The molecule has 0 aliphatic carbocycles. The van der Waals surface area contributed by atoms with Gasteiger partial charge in [-0.1, -0.05) is 13.8 Å². The molecule has 2 heteroatoms. The van der Waals surface area contributed by atoms with Crippen LogP contribution in [-0.2, 0) is 4.79 Å². The molecule has 0 saturated carbocycles. The van der Waals surface area contributed by atoms with Crippen molar-refractivity contribution in [2.75, 3.05) is 0 Å². The maximum Gasteiger partial charge on any atom is 0.217 e. The highest BCUT2D eigenvalue weighted by Crippen LogP contribution is 2.05. The SMILES string of the molecule is CC(=O)N[C@@H](C)CCC(C)C. The minimum Gasteiger partial charge on any atom is -0.354 e. The molecular formula is C9H19NO. The Morgan fingerprint density at radius 3 is 2.18 bits per heavy atom. The molecular weight excluding hydrogens is 138 g/mol. The highest BCUT2D eigenvalue weighted by molar-refractivity contribution is 5.73. The van der Waals surface area contributed by atoms with Gasteiger partial charge in [0.05, 0.1) is 0 Å². The summed E-state index contributed by atoms with van der Waals surface area (Å²) in [7, 11) is 0. The van der Waals surface area contributed by atoms with Gasteiger partial charge in [0.25, 0.3) is 0 Å². The van der Waals surface area contributed by atoms with E-state index in [2.05, 4.69) is 19.2 Å². The van der Waals surface area contributed by atoms with E-state index in [1.54, 1.807) is 6.92 Å². The number of hydrogen-bond acceptors (Lipinski definition) is 1. The zero-order valence-corrected chi connectivity index (χ0v) is 7.98. The van der Waals surface area contributed by atoms with E-state index in [9.17, 15) is 4.79 Å². The molecule has 0 fully saturated rings. The van der Waals surface area contributed by atoms with Gasteiger partial charge >= 0.3 is 0 Å². The Hall–Kier alpha value is -0.530. The van der Waals surface area contributed by atoms with Crippen molar-refractivity contribution in [2.45, 2.75) is 46.6 Å². The summed E-state index contributed by atoms with van der Waals surface area (Å²) in [4.78, 5) is 10.6. The van der Waals surface area contributed by atoms with Crippen molar-refractivity contribution in [3.05, 3.63) is 0 Å². The first-order valence-corrected chi connectivity index (χ1v) is 4.29. The van der Waals surface area contributed by atoms with E-state index in [1.165, 1.54) is 6.42 Å². The Labute approximate surface area is 69.4 Å². The standard InChI is InChI=1S/C9H19NO/c1-7(2)5-6-8(3)10-9(4)11/h7-8H,5-6H2,1-4H3,(H,10,11)/t8-/m0/s1. The van der Waals surface area contributed by atoms with Crippen LogP contribution in [0.2, 0.25) is 0 Å². The molecule has 0 radical (unpaired) electrons. The molecule has 0 rings (SSSR count). The van der Waals surface area contributed by atoms with Crippen molar-refractivity contribution < 1.29 is 4.79 Å². The smallest absolute Gasteiger partial charge is 0.217 e. The minimum atomic E-state index is 0.0706. The molecule has 1 atom stereocenters. The Morgan fingerprint density at radius 2 is 1.82 bits per heavy atom. The Morgan fingerprint density at radius 1 is 1.27 bits per heavy atom. The maximum absolute atomic E-state index is 10.6. The van der Waals surface area contributed by atoms with Crippen molar-refractivity contribution in [3.63, 3.8) is 0 Å². The zero-order valence-electron chi connectivity index (χ0n) is 7.98. The van der Waals surface area contributed by atoms with Gasteiger partial charge in [0, 0.05) is 13.0 Å². The van der Waals surface area contributed by atoms with E-state index >= 15 is 0 Å². The van der Waals surface area contributed by atoms with Gasteiger partial charge in [-0.3, -0.25) is 4.79 Å². The lowest BCUT2D eigenvalue weighted by molar-refractivity contribution is -0.119. The summed E-state index contributed by atoms with van der Waals surface area (Å²) in [5.41, 5.74) is 0. The molecule has 1 amide bonds. The van der Waals surface area contributed by atoms with Crippen LogP contribution in [0.15, 0.2) is 0 Å². The van der Waals surface area contributed by atoms with E-state index in [0.29, 0.717) is 6.04 Å². The molecule has 0 aromatic carbocycles. The fourth-order valence-corrected chi connectivity index (χ4v) is 1.00. The van der Waals surface area contributed by atoms with Crippen molar-refractivity contribution in [1.29, 1.82) is 0 Å². The van der Waals surface area contributed by atoms with Crippen LogP contribution in [0, 0.1) is 5.92 Å². The second-order valence-corrected chi connectivity index (χ2v) is 3.57. The third kappa shape index (κ3) is 7.37. The monoisotopic (exact) mass is 157 g/mol. The summed E-state index contributed by atoms with van der Waals surface area (Å²) < 4.78 is 0. The number of nitrogens with one attached hydrogen (secondary N) is 1. The van der Waals surface area contributed by atoms with Crippen LogP contribution in [-0.4, -0.2) is 11.9 Å². The van der Waals surface area contributed by atoms with Crippen LogP contribution in [0.25, 0.3) is 0 Å². The lowest BCUT2D eigenvalue weighted by Gasteiger charge is -2.13. The third-order valence-electron chi connectivity index (χ3n) is 1.63. The number of rotatable bonds is 4. The fraction of sp³-hybridized carbons (Fsp3) is 0.889. The van der Waals surface area contributed by atoms with E-state index < -0.39 is 0 Å². The van der Waals surface area contributed by atoms with Crippen LogP contribution in [0.5, 0.6) is 0 Å². The quantitative estimate of drug-likeness (QED) is 0.664. The van der Waals surface area contributed by atoms with Crippen molar-refractivity contribution in [2.24, 2.45) is 5.92 Å². The predicted molar refractivity (Wildman–Crippen MR) is 47.4 cm³/mol. The number of hydrogen-bond donors (Lipinski definition) is 1. The largest absolute Gasteiger partial charge is 0.354 e. The van der Waals surface area contributed by atoms with Gasteiger partial charge < -0.3 is 5.32 Å². The molecule has 0 heterocycles. The van der Waals surface area contributed by atoms with Gasteiger partial charge in [-0.2, -0.15) is 0 Å². The van der Waals surface area contributed by atoms with Crippen molar-refractivity contribution in [3.8, 4) is 0 Å². The lowest BCUT2D eigenvalue weighted by Crippen LogP contribution is -2.30. The van der Waals surface area contributed by atoms with Gasteiger partial charge in [-0.25, -0.2) is 0 Å². The first-order chi connectivity index (χ1) is 5.02. The fourth-order valence-electron chi connectivity index (χ4n) is 1.00. The molecule has 0 aromatic rings. The third-order valence-corrected chi connectivity index (χ3v) is 1.63. The number of carbonyl (C=O) groups excluding carboxylic acids is 1. The number of amides is 1. The van der Waals surface area contributed by atoms with Gasteiger partial charge in [0.1, 0.15) is 0 Å². The van der Waals surface area contributed by atoms with Crippen LogP contribution in [0.4, 0.5) is 0 Å². The first-order valence-electron chi connectivity index (χ1n) is 4.29. The van der Waals surface area contributed by atoms with E-state index in [1.807, 2.05) is 6.92 Å². The molecule has 2 nitrogen and oxygen atoms in total. The molecule has 66 valence electrons. The van der Waals surface area contributed by atoms with Gasteiger partial charge in [-0.05, 0) is 25.7 Å².